The minimum absolute atomic E-state index is 0.000744. The lowest BCUT2D eigenvalue weighted by Crippen LogP contribution is -2.32. The number of nitrogens with one attached hydrogen (secondary N) is 1. The van der Waals surface area contributed by atoms with Gasteiger partial charge in [0, 0.05) is 6.54 Å². The fourth-order valence-corrected chi connectivity index (χ4v) is 1.10. The van der Waals surface area contributed by atoms with Crippen LogP contribution in [0.15, 0.2) is 24.3 Å². The maximum Gasteiger partial charge on any atom is 0.254 e. The molecule has 1 aromatic rings. The van der Waals surface area contributed by atoms with Crippen molar-refractivity contribution >= 4 is 5.91 Å². The van der Waals surface area contributed by atoms with E-state index in [4.69, 9.17) is 0 Å². The molecule has 82 valence electrons. The van der Waals surface area contributed by atoms with E-state index in [1.54, 1.807) is 13.0 Å². The molecule has 1 unspecified atom stereocenters. The number of hydrogen-bond acceptors (Lipinski definition) is 2. The van der Waals surface area contributed by atoms with Gasteiger partial charge in [-0.3, -0.25) is 4.79 Å². The van der Waals surface area contributed by atoms with Crippen LogP contribution in [0.3, 0.4) is 0 Å². The predicted octanol–water partition coefficient (Wildman–Crippen LogP) is 1.33. The molecule has 0 aliphatic rings. The number of benzene rings is 1. The first-order chi connectivity index (χ1) is 7.15. The van der Waals surface area contributed by atoms with Crippen LogP contribution in [-0.4, -0.2) is 23.7 Å². The Balaban J connectivity index is 2.58. The topological polar surface area (TPSA) is 49.3 Å². The molecule has 1 rings (SSSR count). The highest BCUT2D eigenvalue weighted by molar-refractivity contribution is 5.94. The Labute approximate surface area is 87.9 Å². The summed E-state index contributed by atoms with van der Waals surface area (Å²) < 4.78 is 13.1. The number of aliphatic hydroxyl groups is 1. The van der Waals surface area contributed by atoms with Crippen LogP contribution in [0.5, 0.6) is 0 Å². The van der Waals surface area contributed by atoms with Gasteiger partial charge in [0.05, 0.1) is 11.7 Å². The van der Waals surface area contributed by atoms with Gasteiger partial charge in [-0.2, -0.15) is 0 Å². The Hall–Kier alpha value is -1.42. The summed E-state index contributed by atoms with van der Waals surface area (Å²) in [6, 6.07) is 5.75. The van der Waals surface area contributed by atoms with Crippen LogP contribution in [0, 0.1) is 5.82 Å². The Bertz CT molecular complexity index is 341. The van der Waals surface area contributed by atoms with Crippen LogP contribution in [-0.2, 0) is 0 Å². The van der Waals surface area contributed by atoms with E-state index in [0.717, 1.165) is 0 Å². The molecule has 15 heavy (non-hydrogen) atoms. The van der Waals surface area contributed by atoms with E-state index in [1.165, 1.54) is 18.2 Å². The quantitative estimate of drug-likeness (QED) is 0.789. The average molecular weight is 211 g/mol. The molecule has 0 heterocycles. The van der Waals surface area contributed by atoms with Crippen molar-refractivity contribution in [2.45, 2.75) is 19.4 Å². The van der Waals surface area contributed by atoms with Gasteiger partial charge in [-0.1, -0.05) is 19.1 Å². The lowest BCUT2D eigenvalue weighted by molar-refractivity contribution is 0.0910. The first-order valence-corrected chi connectivity index (χ1v) is 4.86. The van der Waals surface area contributed by atoms with Gasteiger partial charge >= 0.3 is 0 Å². The second-order valence-electron chi connectivity index (χ2n) is 3.25. The molecule has 0 radical (unpaired) electrons. The number of rotatable bonds is 4. The Morgan fingerprint density at radius 3 is 2.80 bits per heavy atom. The third-order valence-electron chi connectivity index (χ3n) is 2.09. The van der Waals surface area contributed by atoms with Gasteiger partial charge < -0.3 is 10.4 Å². The highest BCUT2D eigenvalue weighted by atomic mass is 19.1. The number of carbonyl (C=O) groups excluding carboxylic acids is 1. The minimum Gasteiger partial charge on any atom is -0.391 e. The van der Waals surface area contributed by atoms with E-state index in [1.807, 2.05) is 0 Å². The van der Waals surface area contributed by atoms with Gasteiger partial charge in [0.1, 0.15) is 5.82 Å². The smallest absolute Gasteiger partial charge is 0.254 e. The van der Waals surface area contributed by atoms with Crippen molar-refractivity contribution in [3.05, 3.63) is 35.6 Å². The molecule has 0 aromatic heterocycles. The molecule has 2 N–H and O–H groups in total. The molecule has 0 fully saturated rings. The van der Waals surface area contributed by atoms with Gasteiger partial charge in [-0.15, -0.1) is 0 Å². The molecule has 0 saturated carbocycles. The van der Waals surface area contributed by atoms with E-state index in [9.17, 15) is 14.3 Å². The second kappa shape index (κ2) is 5.46. The summed E-state index contributed by atoms with van der Waals surface area (Å²) in [5.74, 6) is -1.05. The van der Waals surface area contributed by atoms with Gasteiger partial charge in [0.25, 0.3) is 5.91 Å². The van der Waals surface area contributed by atoms with Crippen LogP contribution >= 0.6 is 0 Å². The molecule has 0 bridgehead atoms. The fourth-order valence-electron chi connectivity index (χ4n) is 1.10. The molecular formula is C11H14FNO2. The number of aliphatic hydroxyl groups excluding tert-OH is 1. The van der Waals surface area contributed by atoms with Gasteiger partial charge in [-0.05, 0) is 18.6 Å². The van der Waals surface area contributed by atoms with E-state index in [-0.39, 0.29) is 12.1 Å². The summed E-state index contributed by atoms with van der Waals surface area (Å²) in [4.78, 5) is 11.4. The second-order valence-corrected chi connectivity index (χ2v) is 3.25. The van der Waals surface area contributed by atoms with E-state index in [2.05, 4.69) is 5.32 Å². The molecule has 0 aliphatic carbocycles. The third kappa shape index (κ3) is 3.32. The van der Waals surface area contributed by atoms with Crippen LogP contribution in [0.25, 0.3) is 0 Å². The van der Waals surface area contributed by atoms with Gasteiger partial charge in [0.15, 0.2) is 0 Å². The Morgan fingerprint density at radius 1 is 1.53 bits per heavy atom. The maximum atomic E-state index is 13.1. The first-order valence-electron chi connectivity index (χ1n) is 4.86. The number of halogens is 1. The lowest BCUT2D eigenvalue weighted by Gasteiger charge is -2.09. The average Bonchev–Trinajstić information content (AvgIpc) is 2.26. The molecule has 3 nitrogen and oxygen atoms in total. The highest BCUT2D eigenvalue weighted by Gasteiger charge is 2.11. The molecule has 0 aliphatic heterocycles. The monoisotopic (exact) mass is 211 g/mol. The number of hydrogen-bond donors (Lipinski definition) is 2. The van der Waals surface area contributed by atoms with Crippen molar-refractivity contribution in [2.75, 3.05) is 6.54 Å². The van der Waals surface area contributed by atoms with Crippen LogP contribution in [0.4, 0.5) is 4.39 Å². The van der Waals surface area contributed by atoms with Crippen molar-refractivity contribution < 1.29 is 14.3 Å². The zero-order chi connectivity index (χ0) is 11.3. The van der Waals surface area contributed by atoms with Crippen LogP contribution in [0.2, 0.25) is 0 Å². The van der Waals surface area contributed by atoms with Crippen molar-refractivity contribution in [1.29, 1.82) is 0 Å². The minimum atomic E-state index is -0.583. The molecular weight excluding hydrogens is 197 g/mol. The SMILES string of the molecule is CCC(O)CNC(=O)c1ccccc1F. The summed E-state index contributed by atoms with van der Waals surface area (Å²) in [5, 5.41) is 11.7. The predicted molar refractivity (Wildman–Crippen MR) is 55.0 cm³/mol. The molecule has 0 spiro atoms. The molecule has 0 saturated heterocycles. The maximum absolute atomic E-state index is 13.1. The first kappa shape index (κ1) is 11.7. The summed E-state index contributed by atoms with van der Waals surface area (Å²) in [7, 11) is 0. The largest absolute Gasteiger partial charge is 0.391 e. The van der Waals surface area contributed by atoms with Crippen molar-refractivity contribution in [3.8, 4) is 0 Å². The summed E-state index contributed by atoms with van der Waals surface area (Å²) in [5.41, 5.74) is 0.000744. The van der Waals surface area contributed by atoms with Gasteiger partial charge in [-0.25, -0.2) is 4.39 Å². The summed E-state index contributed by atoms with van der Waals surface area (Å²) in [6.45, 7) is 1.95. The number of amides is 1. The van der Waals surface area contributed by atoms with Gasteiger partial charge in [0.2, 0.25) is 0 Å². The normalized spacial score (nSPS) is 12.2. The van der Waals surface area contributed by atoms with Crippen molar-refractivity contribution in [3.63, 3.8) is 0 Å². The summed E-state index contributed by atoms with van der Waals surface area (Å²) in [6.07, 6.45) is -0.0295. The van der Waals surface area contributed by atoms with E-state index < -0.39 is 17.8 Å². The standard InChI is InChI=1S/C11H14FNO2/c1-2-8(14)7-13-11(15)9-5-3-4-6-10(9)12/h3-6,8,14H,2,7H2,1H3,(H,13,15). The Kier molecular flexibility index (Phi) is 4.24. The third-order valence-corrected chi connectivity index (χ3v) is 2.09. The molecule has 1 amide bonds. The van der Waals surface area contributed by atoms with Crippen LogP contribution in [0.1, 0.15) is 23.7 Å². The molecule has 4 heteroatoms. The molecule has 1 atom stereocenters. The molecule has 1 aromatic carbocycles. The lowest BCUT2D eigenvalue weighted by atomic mass is 10.2. The zero-order valence-corrected chi connectivity index (χ0v) is 8.53. The van der Waals surface area contributed by atoms with Crippen LogP contribution < -0.4 is 5.32 Å². The fraction of sp³-hybridized carbons (Fsp3) is 0.364. The van der Waals surface area contributed by atoms with E-state index >= 15 is 0 Å². The number of carbonyl (C=O) groups is 1. The zero-order valence-electron chi connectivity index (χ0n) is 8.53. The highest BCUT2D eigenvalue weighted by Crippen LogP contribution is 2.05. The van der Waals surface area contributed by atoms with Crippen molar-refractivity contribution in [2.24, 2.45) is 0 Å². The van der Waals surface area contributed by atoms with Crippen molar-refractivity contribution in [1.82, 2.24) is 5.32 Å². The van der Waals surface area contributed by atoms with E-state index in [0.29, 0.717) is 6.42 Å². The summed E-state index contributed by atoms with van der Waals surface area (Å²) >= 11 is 0. The Morgan fingerprint density at radius 2 is 2.20 bits per heavy atom.